The lowest BCUT2D eigenvalue weighted by Gasteiger charge is -2.23. The lowest BCUT2D eigenvalue weighted by Crippen LogP contribution is -2.22. The average Bonchev–Trinajstić information content (AvgIpc) is 2.84. The third-order valence-corrected chi connectivity index (χ3v) is 6.33. The summed E-state index contributed by atoms with van der Waals surface area (Å²) < 4.78 is 5.66. The van der Waals surface area contributed by atoms with Gasteiger partial charge in [-0.3, -0.25) is 0 Å². The van der Waals surface area contributed by atoms with Gasteiger partial charge >= 0.3 is 5.97 Å². The first-order valence-corrected chi connectivity index (χ1v) is 11.7. The van der Waals surface area contributed by atoms with Crippen LogP contribution in [0.25, 0.3) is 21.9 Å². The van der Waals surface area contributed by atoms with E-state index in [1.165, 1.54) is 5.56 Å². The van der Waals surface area contributed by atoms with E-state index in [4.69, 9.17) is 4.74 Å². The van der Waals surface area contributed by atoms with Gasteiger partial charge in [0.25, 0.3) is 0 Å². The Morgan fingerprint density at radius 3 is 2.44 bits per heavy atom. The summed E-state index contributed by atoms with van der Waals surface area (Å²) in [6.45, 7) is 8.78. The molecule has 2 N–H and O–H groups in total. The second-order valence-electron chi connectivity index (χ2n) is 8.74. The Morgan fingerprint density at radius 1 is 0.912 bits per heavy atom. The molecule has 4 aromatic rings. The van der Waals surface area contributed by atoms with Gasteiger partial charge < -0.3 is 15.2 Å². The first-order chi connectivity index (χ1) is 16.4. The highest BCUT2D eigenvalue weighted by atomic mass is 16.5. The highest BCUT2D eigenvalue weighted by Gasteiger charge is 2.16. The first kappa shape index (κ1) is 23.5. The number of rotatable bonds is 8. The normalized spacial score (nSPS) is 12.9. The largest absolute Gasteiger partial charge is 0.494 e. The quantitative estimate of drug-likeness (QED) is 0.293. The molecule has 4 heteroatoms. The number of aryl methyl sites for hydroxylation is 1. The number of nitrogens with one attached hydrogen (secondary N) is 1. The van der Waals surface area contributed by atoms with Crippen molar-refractivity contribution in [2.75, 3.05) is 6.61 Å². The maximum Gasteiger partial charge on any atom is 0.335 e. The van der Waals surface area contributed by atoms with Crippen LogP contribution in [-0.4, -0.2) is 17.7 Å². The van der Waals surface area contributed by atoms with Crippen molar-refractivity contribution in [3.05, 3.63) is 101 Å². The van der Waals surface area contributed by atoms with E-state index in [1.54, 1.807) is 6.07 Å². The van der Waals surface area contributed by atoms with Gasteiger partial charge in [0.15, 0.2) is 0 Å². The highest BCUT2D eigenvalue weighted by molar-refractivity contribution is 5.99. The molecule has 4 aromatic carbocycles. The van der Waals surface area contributed by atoms with Crippen LogP contribution < -0.4 is 10.1 Å². The third kappa shape index (κ3) is 4.97. The van der Waals surface area contributed by atoms with E-state index in [0.717, 1.165) is 38.8 Å². The molecule has 1 unspecified atom stereocenters. The van der Waals surface area contributed by atoms with Gasteiger partial charge in [-0.1, -0.05) is 48.5 Å². The lowest BCUT2D eigenvalue weighted by molar-refractivity contribution is 0.0696. The van der Waals surface area contributed by atoms with Crippen LogP contribution in [0, 0.1) is 6.92 Å². The summed E-state index contributed by atoms with van der Waals surface area (Å²) in [6, 6.07) is 26.7. The van der Waals surface area contributed by atoms with Crippen LogP contribution in [0.2, 0.25) is 0 Å². The van der Waals surface area contributed by atoms with Crippen molar-refractivity contribution < 1.29 is 14.6 Å². The summed E-state index contributed by atoms with van der Waals surface area (Å²) in [5, 5.41) is 15.6. The molecule has 0 aliphatic heterocycles. The molecular weight excluding hydrogens is 422 g/mol. The van der Waals surface area contributed by atoms with Crippen molar-refractivity contribution >= 4 is 16.7 Å². The minimum Gasteiger partial charge on any atom is -0.494 e. The first-order valence-electron chi connectivity index (χ1n) is 11.7. The molecule has 0 amide bonds. The maximum atomic E-state index is 11.7. The number of benzene rings is 4. The molecule has 2 atom stereocenters. The molecule has 0 fully saturated rings. The third-order valence-electron chi connectivity index (χ3n) is 6.33. The molecule has 0 saturated carbocycles. The van der Waals surface area contributed by atoms with Crippen LogP contribution in [0.15, 0.2) is 78.9 Å². The molecule has 0 aromatic heterocycles. The molecule has 174 valence electrons. The summed E-state index contributed by atoms with van der Waals surface area (Å²) in [5.74, 6) is -0.0270. The van der Waals surface area contributed by atoms with Gasteiger partial charge in [-0.05, 0) is 96.6 Å². The Kier molecular flexibility index (Phi) is 6.99. The monoisotopic (exact) mass is 453 g/mol. The summed E-state index contributed by atoms with van der Waals surface area (Å²) in [6.07, 6.45) is 0. The zero-order chi connectivity index (χ0) is 24.2. The van der Waals surface area contributed by atoms with E-state index in [9.17, 15) is 9.90 Å². The Labute approximate surface area is 201 Å². The van der Waals surface area contributed by atoms with Crippen molar-refractivity contribution in [2.24, 2.45) is 0 Å². The van der Waals surface area contributed by atoms with E-state index < -0.39 is 5.97 Å². The number of fused-ring (bicyclic) bond motifs is 1. The fraction of sp³-hybridized carbons (Fsp3) is 0.233. The van der Waals surface area contributed by atoms with Crippen LogP contribution in [0.3, 0.4) is 0 Å². The van der Waals surface area contributed by atoms with Crippen LogP contribution >= 0.6 is 0 Å². The predicted octanol–water partition coefficient (Wildman–Crippen LogP) is 7.32. The number of carbonyl (C=O) groups is 1. The summed E-state index contributed by atoms with van der Waals surface area (Å²) in [4.78, 5) is 11.7. The lowest BCUT2D eigenvalue weighted by atomic mass is 9.91. The second-order valence-corrected chi connectivity index (χ2v) is 8.74. The predicted molar refractivity (Wildman–Crippen MR) is 139 cm³/mol. The van der Waals surface area contributed by atoms with Crippen molar-refractivity contribution in [2.45, 2.75) is 39.8 Å². The fourth-order valence-corrected chi connectivity index (χ4v) is 4.45. The summed E-state index contributed by atoms with van der Waals surface area (Å²) in [7, 11) is 0. The average molecular weight is 454 g/mol. The molecule has 0 saturated heterocycles. The molecule has 0 aliphatic carbocycles. The van der Waals surface area contributed by atoms with E-state index in [1.807, 2.05) is 50.2 Å². The Hall–Kier alpha value is -3.63. The smallest absolute Gasteiger partial charge is 0.335 e. The van der Waals surface area contributed by atoms with Crippen molar-refractivity contribution in [1.29, 1.82) is 0 Å². The Morgan fingerprint density at radius 2 is 1.68 bits per heavy atom. The van der Waals surface area contributed by atoms with Crippen LogP contribution in [0.5, 0.6) is 5.75 Å². The van der Waals surface area contributed by atoms with E-state index in [2.05, 4.69) is 55.6 Å². The van der Waals surface area contributed by atoms with Gasteiger partial charge in [0.2, 0.25) is 0 Å². The number of carboxylic acid groups (broad SMARTS) is 1. The Balaban J connectivity index is 1.71. The molecule has 4 rings (SSSR count). The number of hydrogen-bond donors (Lipinski definition) is 2. The van der Waals surface area contributed by atoms with Gasteiger partial charge in [0.05, 0.1) is 12.2 Å². The van der Waals surface area contributed by atoms with Crippen LogP contribution in [-0.2, 0) is 0 Å². The number of ether oxygens (including phenoxy) is 1. The molecule has 0 radical (unpaired) electrons. The van der Waals surface area contributed by atoms with Crippen LogP contribution in [0.1, 0.15) is 59.9 Å². The van der Waals surface area contributed by atoms with E-state index in [-0.39, 0.29) is 12.1 Å². The van der Waals surface area contributed by atoms with Gasteiger partial charge in [-0.25, -0.2) is 4.79 Å². The molecular formula is C30H31NO3. The molecule has 0 aliphatic rings. The van der Waals surface area contributed by atoms with Crippen molar-refractivity contribution in [1.82, 2.24) is 5.32 Å². The van der Waals surface area contributed by atoms with Gasteiger partial charge in [-0.2, -0.15) is 0 Å². The SMILES string of the molecule is CCOc1cccc([C@@H](C)NC(C)c2cc(-c3ccc(C)c(C(=O)O)c3)c3ccccc3c2)c1. The maximum absolute atomic E-state index is 11.7. The van der Waals surface area contributed by atoms with E-state index >= 15 is 0 Å². The Bertz CT molecular complexity index is 1330. The molecule has 0 bridgehead atoms. The molecule has 0 spiro atoms. The number of hydrogen-bond acceptors (Lipinski definition) is 3. The molecule has 4 nitrogen and oxygen atoms in total. The van der Waals surface area contributed by atoms with Crippen molar-refractivity contribution in [3.63, 3.8) is 0 Å². The number of aromatic carboxylic acids is 1. The zero-order valence-corrected chi connectivity index (χ0v) is 20.1. The fourth-order valence-electron chi connectivity index (χ4n) is 4.45. The minimum absolute atomic E-state index is 0.0819. The second kappa shape index (κ2) is 10.1. The minimum atomic E-state index is -0.905. The van der Waals surface area contributed by atoms with Gasteiger partial charge in [0, 0.05) is 12.1 Å². The summed E-state index contributed by atoms with van der Waals surface area (Å²) >= 11 is 0. The highest BCUT2D eigenvalue weighted by Crippen LogP contribution is 2.34. The zero-order valence-electron chi connectivity index (χ0n) is 20.1. The standard InChI is InChI=1S/C30H31NO3/c1-5-34-26-11-8-10-22(16-26)20(3)31-21(4)25-15-23-9-6-7-12-27(23)29(18-25)24-14-13-19(2)28(17-24)30(32)33/h6-18,20-21,31H,5H2,1-4H3,(H,32,33)/t20-,21?/m1/s1. The number of carboxylic acids is 1. The van der Waals surface area contributed by atoms with Crippen LogP contribution in [0.4, 0.5) is 0 Å². The van der Waals surface area contributed by atoms with Gasteiger partial charge in [0.1, 0.15) is 5.75 Å². The van der Waals surface area contributed by atoms with Gasteiger partial charge in [-0.15, -0.1) is 0 Å². The summed E-state index contributed by atoms with van der Waals surface area (Å²) in [5.41, 5.74) is 5.36. The van der Waals surface area contributed by atoms with E-state index in [0.29, 0.717) is 12.2 Å². The molecule has 34 heavy (non-hydrogen) atoms. The molecule has 0 heterocycles. The van der Waals surface area contributed by atoms with Crippen molar-refractivity contribution in [3.8, 4) is 16.9 Å². The topological polar surface area (TPSA) is 58.6 Å².